The third kappa shape index (κ3) is 2.88. The largest absolute Gasteiger partial charge is 0.337 e. The summed E-state index contributed by atoms with van der Waals surface area (Å²) in [5.74, 6) is -1.88. The zero-order valence-electron chi connectivity index (χ0n) is 12.9. The molecule has 0 N–H and O–H groups in total. The van der Waals surface area contributed by atoms with Crippen molar-refractivity contribution < 1.29 is 14.0 Å². The molecule has 3 rings (SSSR count). The van der Waals surface area contributed by atoms with Crippen LogP contribution in [0, 0.1) is 11.7 Å². The summed E-state index contributed by atoms with van der Waals surface area (Å²) < 4.78 is 16.0. The maximum absolute atomic E-state index is 14.1. The molecule has 2 aromatic rings. The van der Waals surface area contributed by atoms with Crippen molar-refractivity contribution in [3.63, 3.8) is 0 Å². The molecule has 1 saturated heterocycles. The van der Waals surface area contributed by atoms with Gasteiger partial charge in [0.15, 0.2) is 0 Å². The number of carbonyl (C=O) groups is 2. The Labute approximate surface area is 133 Å². The lowest BCUT2D eigenvalue weighted by Gasteiger charge is -2.26. The van der Waals surface area contributed by atoms with Crippen molar-refractivity contribution in [2.45, 2.75) is 25.9 Å². The normalized spacial score (nSPS) is 21.2. The lowest BCUT2D eigenvalue weighted by Crippen LogP contribution is -2.31. The zero-order valence-corrected chi connectivity index (χ0v) is 12.9. The third-order valence-corrected chi connectivity index (χ3v) is 4.29. The average Bonchev–Trinajstić information content (AvgIpc) is 3.13. The highest BCUT2D eigenvalue weighted by atomic mass is 19.1. The first-order valence-electron chi connectivity index (χ1n) is 7.64. The number of amides is 1. The minimum Gasteiger partial charge on any atom is -0.337 e. The molecule has 5 nitrogen and oxygen atoms in total. The number of benzene rings is 1. The van der Waals surface area contributed by atoms with E-state index in [9.17, 15) is 14.0 Å². The number of carbonyl (C=O) groups excluding carboxylic acids is 2. The van der Waals surface area contributed by atoms with Crippen LogP contribution in [0.25, 0.3) is 0 Å². The highest BCUT2D eigenvalue weighted by Crippen LogP contribution is 2.36. The predicted molar refractivity (Wildman–Crippen MR) is 81.9 cm³/mol. The summed E-state index contributed by atoms with van der Waals surface area (Å²) in [6.45, 7) is 2.79. The molecule has 2 unspecified atom stereocenters. The molecule has 6 heteroatoms. The van der Waals surface area contributed by atoms with Gasteiger partial charge < -0.3 is 9.47 Å². The summed E-state index contributed by atoms with van der Waals surface area (Å²) in [5, 5.41) is 0. The van der Waals surface area contributed by atoms with E-state index in [-0.39, 0.29) is 5.82 Å². The Balaban J connectivity index is 1.79. The van der Waals surface area contributed by atoms with Gasteiger partial charge in [0.1, 0.15) is 5.82 Å². The number of halogens is 1. The smallest absolute Gasteiger partial charge is 0.290 e. The summed E-state index contributed by atoms with van der Waals surface area (Å²) in [4.78, 5) is 29.8. The minimum atomic E-state index is -0.535. The van der Waals surface area contributed by atoms with E-state index >= 15 is 0 Å². The summed E-state index contributed by atoms with van der Waals surface area (Å²) in [6.07, 6.45) is 5.91. The van der Waals surface area contributed by atoms with Crippen LogP contribution in [0.5, 0.6) is 0 Å². The Morgan fingerprint density at radius 3 is 2.70 bits per heavy atom. The number of aromatic nitrogens is 2. The molecule has 1 aromatic heterocycles. The second-order valence-electron chi connectivity index (χ2n) is 5.77. The molecule has 1 fully saturated rings. The summed E-state index contributed by atoms with van der Waals surface area (Å²) in [7, 11) is 0. The fourth-order valence-electron chi connectivity index (χ4n) is 3.11. The first-order valence-corrected chi connectivity index (χ1v) is 7.64. The van der Waals surface area contributed by atoms with Gasteiger partial charge in [-0.15, -0.1) is 0 Å². The van der Waals surface area contributed by atoms with E-state index in [0.717, 1.165) is 0 Å². The number of Topliss-reactive ketones (excluding diaryl/α,β-unsaturated/α-hetero) is 1. The van der Waals surface area contributed by atoms with Crippen molar-refractivity contribution >= 4 is 11.7 Å². The van der Waals surface area contributed by atoms with Crippen LogP contribution in [0.15, 0.2) is 43.0 Å². The van der Waals surface area contributed by atoms with Crippen LogP contribution in [-0.2, 0) is 16.1 Å². The SMILES string of the molecule is CC1C(=O)C(=O)N(CCCn2ccnc2)C1c1ccccc1F. The van der Waals surface area contributed by atoms with Crippen LogP contribution >= 0.6 is 0 Å². The van der Waals surface area contributed by atoms with Gasteiger partial charge in [-0.25, -0.2) is 9.37 Å². The molecular formula is C17H18FN3O2. The number of rotatable bonds is 5. The fraction of sp³-hybridized carbons (Fsp3) is 0.353. The van der Waals surface area contributed by atoms with Crippen molar-refractivity contribution in [3.05, 3.63) is 54.4 Å². The number of hydrogen-bond acceptors (Lipinski definition) is 3. The average molecular weight is 315 g/mol. The van der Waals surface area contributed by atoms with Gasteiger partial charge in [-0.2, -0.15) is 0 Å². The second kappa shape index (κ2) is 6.32. The van der Waals surface area contributed by atoms with Crippen molar-refractivity contribution in [1.82, 2.24) is 14.5 Å². The fourth-order valence-corrected chi connectivity index (χ4v) is 3.11. The molecule has 120 valence electrons. The Bertz CT molecular complexity index is 714. The van der Waals surface area contributed by atoms with Crippen molar-refractivity contribution in [2.75, 3.05) is 6.54 Å². The Hall–Kier alpha value is -2.50. The van der Waals surface area contributed by atoms with Gasteiger partial charge in [-0.1, -0.05) is 25.1 Å². The Morgan fingerprint density at radius 1 is 1.22 bits per heavy atom. The third-order valence-electron chi connectivity index (χ3n) is 4.29. The van der Waals surface area contributed by atoms with Crippen molar-refractivity contribution in [1.29, 1.82) is 0 Å². The standard InChI is InChI=1S/C17H18FN3O2/c1-12-15(13-5-2-3-6-14(13)18)21(17(23)16(12)22)9-4-8-20-10-7-19-11-20/h2-3,5-7,10-12,15H,4,8-9H2,1H3. The molecule has 2 atom stereocenters. The summed E-state index contributed by atoms with van der Waals surface area (Å²) >= 11 is 0. The zero-order chi connectivity index (χ0) is 16.4. The van der Waals surface area contributed by atoms with E-state index in [1.807, 2.05) is 10.8 Å². The van der Waals surface area contributed by atoms with Crippen LogP contribution in [0.2, 0.25) is 0 Å². The van der Waals surface area contributed by atoms with Gasteiger partial charge in [-0.05, 0) is 12.5 Å². The second-order valence-corrected chi connectivity index (χ2v) is 5.77. The molecular weight excluding hydrogens is 297 g/mol. The van der Waals surface area contributed by atoms with E-state index in [2.05, 4.69) is 4.98 Å². The van der Waals surface area contributed by atoms with Crippen LogP contribution in [0.4, 0.5) is 4.39 Å². The highest BCUT2D eigenvalue weighted by Gasteiger charge is 2.45. The molecule has 1 aliphatic rings. The summed E-state index contributed by atoms with van der Waals surface area (Å²) in [6, 6.07) is 5.80. The highest BCUT2D eigenvalue weighted by molar-refractivity contribution is 6.39. The van der Waals surface area contributed by atoms with E-state index < -0.39 is 23.7 Å². The van der Waals surface area contributed by atoms with Gasteiger partial charge in [0.2, 0.25) is 5.78 Å². The molecule has 1 aliphatic heterocycles. The topological polar surface area (TPSA) is 55.2 Å². The first-order chi connectivity index (χ1) is 11.1. The monoisotopic (exact) mass is 315 g/mol. The Kier molecular flexibility index (Phi) is 4.23. The maximum Gasteiger partial charge on any atom is 0.290 e. The molecule has 0 spiro atoms. The van der Waals surface area contributed by atoms with Gasteiger partial charge in [0.05, 0.1) is 12.4 Å². The van der Waals surface area contributed by atoms with E-state index in [1.54, 1.807) is 37.6 Å². The van der Waals surface area contributed by atoms with Crippen molar-refractivity contribution in [3.8, 4) is 0 Å². The van der Waals surface area contributed by atoms with Crippen LogP contribution < -0.4 is 0 Å². The molecule has 23 heavy (non-hydrogen) atoms. The number of imidazole rings is 1. The van der Waals surface area contributed by atoms with E-state index in [0.29, 0.717) is 25.1 Å². The van der Waals surface area contributed by atoms with Gasteiger partial charge in [0, 0.05) is 37.0 Å². The lowest BCUT2D eigenvalue weighted by atomic mass is 9.94. The molecule has 0 aliphatic carbocycles. The lowest BCUT2D eigenvalue weighted by molar-refractivity contribution is -0.141. The predicted octanol–water partition coefficient (Wildman–Crippen LogP) is 2.20. The summed E-state index contributed by atoms with van der Waals surface area (Å²) in [5.41, 5.74) is 0.404. The van der Waals surface area contributed by atoms with Crippen LogP contribution in [0.3, 0.4) is 0 Å². The van der Waals surface area contributed by atoms with Gasteiger partial charge >= 0.3 is 0 Å². The van der Waals surface area contributed by atoms with E-state index in [4.69, 9.17) is 0 Å². The molecule has 1 amide bonds. The number of ketones is 1. The van der Waals surface area contributed by atoms with Crippen LogP contribution in [-0.4, -0.2) is 32.7 Å². The minimum absolute atomic E-state index is 0.383. The molecule has 0 radical (unpaired) electrons. The van der Waals surface area contributed by atoms with Crippen LogP contribution in [0.1, 0.15) is 24.9 Å². The maximum atomic E-state index is 14.1. The number of nitrogens with zero attached hydrogens (tertiary/aromatic N) is 3. The first kappa shape index (κ1) is 15.4. The Morgan fingerprint density at radius 2 is 2.00 bits per heavy atom. The molecule has 1 aromatic carbocycles. The number of hydrogen-bond donors (Lipinski definition) is 0. The molecule has 0 saturated carbocycles. The van der Waals surface area contributed by atoms with E-state index in [1.165, 1.54) is 11.0 Å². The molecule has 2 heterocycles. The van der Waals surface area contributed by atoms with Crippen molar-refractivity contribution in [2.24, 2.45) is 5.92 Å². The van der Waals surface area contributed by atoms with Gasteiger partial charge in [-0.3, -0.25) is 9.59 Å². The quantitative estimate of drug-likeness (QED) is 0.795. The number of likely N-dealkylation sites (tertiary alicyclic amines) is 1. The molecule has 0 bridgehead atoms. The number of aryl methyl sites for hydroxylation is 1. The van der Waals surface area contributed by atoms with Gasteiger partial charge in [0.25, 0.3) is 5.91 Å².